The van der Waals surface area contributed by atoms with Gasteiger partial charge in [0, 0.05) is 11.6 Å². The van der Waals surface area contributed by atoms with Crippen molar-refractivity contribution in [3.8, 4) is 16.4 Å². The fourth-order valence-electron chi connectivity index (χ4n) is 4.46. The van der Waals surface area contributed by atoms with E-state index in [4.69, 9.17) is 4.74 Å². The van der Waals surface area contributed by atoms with Gasteiger partial charge in [0.05, 0.1) is 33.7 Å². The molecule has 2 unspecified atom stereocenters. The number of aliphatic hydroxyl groups is 3. The van der Waals surface area contributed by atoms with Crippen LogP contribution in [0.5, 0.6) is 0 Å². The van der Waals surface area contributed by atoms with E-state index in [-0.39, 0.29) is 0 Å². The lowest BCUT2D eigenvalue weighted by Gasteiger charge is -2.41. The Hall–Kier alpha value is -3.14. The van der Waals surface area contributed by atoms with Crippen LogP contribution in [0.4, 0.5) is 0 Å². The molecule has 0 aliphatic carbocycles. The van der Waals surface area contributed by atoms with Crippen LogP contribution in [0.2, 0.25) is 0 Å². The zero-order valence-electron chi connectivity index (χ0n) is 19.2. The number of thiazole rings is 2. The third kappa shape index (κ3) is 3.91. The summed E-state index contributed by atoms with van der Waals surface area (Å²) in [5.74, 6) is 0.826. The van der Waals surface area contributed by atoms with Gasteiger partial charge < -0.3 is 20.1 Å². The van der Waals surface area contributed by atoms with Gasteiger partial charge in [-0.2, -0.15) is 5.10 Å². The number of benzene rings is 1. The number of fused-ring (bicyclic) bond motifs is 1. The van der Waals surface area contributed by atoms with Gasteiger partial charge in [-0.3, -0.25) is 0 Å². The van der Waals surface area contributed by atoms with E-state index >= 15 is 0 Å². The summed E-state index contributed by atoms with van der Waals surface area (Å²) in [5, 5.41) is 48.7. The Morgan fingerprint density at radius 3 is 2.78 bits per heavy atom. The zero-order chi connectivity index (χ0) is 25.0. The van der Waals surface area contributed by atoms with E-state index in [1.165, 1.54) is 16.0 Å². The molecular formula is C22H22N8O4S2. The second-order valence-corrected chi connectivity index (χ2v) is 10.6. The topological polar surface area (TPSA) is 157 Å². The molecule has 6 rings (SSSR count). The first kappa shape index (κ1) is 23.3. The van der Waals surface area contributed by atoms with Crippen LogP contribution in [-0.2, 0) is 4.74 Å². The summed E-state index contributed by atoms with van der Waals surface area (Å²) >= 11 is 2.97. The van der Waals surface area contributed by atoms with Crippen LogP contribution in [0.3, 0.4) is 0 Å². The highest BCUT2D eigenvalue weighted by molar-refractivity contribution is 7.18. The van der Waals surface area contributed by atoms with Crippen molar-refractivity contribution in [1.82, 2.24) is 39.7 Å². The molecule has 1 fully saturated rings. The number of aryl methyl sites for hydroxylation is 2. The van der Waals surface area contributed by atoms with Crippen LogP contribution in [0.1, 0.15) is 28.8 Å². The van der Waals surface area contributed by atoms with E-state index in [1.54, 1.807) is 35.3 Å². The van der Waals surface area contributed by atoms with E-state index in [0.717, 1.165) is 20.9 Å². The predicted octanol–water partition coefficient (Wildman–Crippen LogP) is 1.60. The molecule has 0 radical (unpaired) electrons. The van der Waals surface area contributed by atoms with Gasteiger partial charge in [0.2, 0.25) is 0 Å². The average Bonchev–Trinajstić information content (AvgIpc) is 3.65. The molecule has 3 N–H and O–H groups in total. The average molecular weight is 527 g/mol. The molecule has 0 amide bonds. The number of nitrogens with zero attached hydrogens (tertiary/aromatic N) is 8. The first-order valence-electron chi connectivity index (χ1n) is 11.2. The summed E-state index contributed by atoms with van der Waals surface area (Å²) in [6.07, 6.45) is -1.25. The molecule has 5 aromatic rings. The number of aromatic nitrogens is 8. The highest BCUT2D eigenvalue weighted by atomic mass is 32.1. The summed E-state index contributed by atoms with van der Waals surface area (Å²) in [7, 11) is 0. The minimum atomic E-state index is -1.27. The van der Waals surface area contributed by atoms with Gasteiger partial charge in [0.15, 0.2) is 5.82 Å². The highest BCUT2D eigenvalue weighted by Crippen LogP contribution is 2.39. The normalized spacial score (nSPS) is 24.5. The molecule has 0 spiro atoms. The number of ether oxygens (including phenoxy) is 1. The number of hydrogen-bond acceptors (Lipinski definition) is 12. The maximum Gasteiger partial charge on any atom is 0.164 e. The smallest absolute Gasteiger partial charge is 0.164 e. The second-order valence-electron chi connectivity index (χ2n) is 8.48. The monoisotopic (exact) mass is 526 g/mol. The van der Waals surface area contributed by atoms with Gasteiger partial charge in [-0.25, -0.2) is 24.3 Å². The third-order valence-corrected chi connectivity index (χ3v) is 7.80. The lowest BCUT2D eigenvalue weighted by Crippen LogP contribution is -2.53. The van der Waals surface area contributed by atoms with Crippen LogP contribution < -0.4 is 0 Å². The van der Waals surface area contributed by atoms with Crippen molar-refractivity contribution in [2.45, 2.75) is 44.3 Å². The van der Waals surface area contributed by atoms with Crippen molar-refractivity contribution in [3.05, 3.63) is 52.6 Å². The van der Waals surface area contributed by atoms with Crippen molar-refractivity contribution in [1.29, 1.82) is 0 Å². The molecule has 5 atom stereocenters. The summed E-state index contributed by atoms with van der Waals surface area (Å²) < 4.78 is 9.99. The zero-order valence-corrected chi connectivity index (χ0v) is 20.8. The van der Waals surface area contributed by atoms with Gasteiger partial charge >= 0.3 is 0 Å². The van der Waals surface area contributed by atoms with E-state index in [9.17, 15) is 15.3 Å². The lowest BCUT2D eigenvalue weighted by atomic mass is 9.92. The lowest BCUT2D eigenvalue weighted by molar-refractivity contribution is -0.210. The molecule has 36 heavy (non-hydrogen) atoms. The summed E-state index contributed by atoms with van der Waals surface area (Å²) in [5.41, 5.74) is 2.13. The Morgan fingerprint density at radius 1 is 1.14 bits per heavy atom. The molecule has 186 valence electrons. The molecule has 1 aliphatic heterocycles. The fraction of sp³-hybridized carbons (Fsp3) is 0.364. The first-order valence-corrected chi connectivity index (χ1v) is 12.9. The molecule has 14 heteroatoms. The maximum atomic E-state index is 11.5. The van der Waals surface area contributed by atoms with Crippen molar-refractivity contribution in [3.63, 3.8) is 0 Å². The highest BCUT2D eigenvalue weighted by Gasteiger charge is 2.48. The standard InChI is InChI=1S/C22H22N8O4S2/c1-10-24-21(30(27-10)12-3-4-13-16(7-12)36-11(2)25-13)20-19(33)17(18(32)15(9-31)34-20)29-8-14(26-28-29)22-23-5-6-35-22/h3-8,15,17-20,31-33H,9H2,1-2H3/t15?,17-,18-,19?,20+/m0/s1. The summed E-state index contributed by atoms with van der Waals surface area (Å²) in [6, 6.07) is 4.79. The molecule has 1 aromatic carbocycles. The number of hydrogen-bond donors (Lipinski definition) is 3. The van der Waals surface area contributed by atoms with E-state index < -0.39 is 37.1 Å². The molecule has 12 nitrogen and oxygen atoms in total. The Balaban J connectivity index is 1.40. The van der Waals surface area contributed by atoms with Crippen LogP contribution in [0.15, 0.2) is 36.0 Å². The molecule has 5 heterocycles. The quantitative estimate of drug-likeness (QED) is 0.307. The van der Waals surface area contributed by atoms with Crippen molar-refractivity contribution >= 4 is 32.9 Å². The van der Waals surface area contributed by atoms with Gasteiger partial charge in [-0.1, -0.05) is 5.21 Å². The van der Waals surface area contributed by atoms with Crippen LogP contribution in [-0.4, -0.2) is 80.0 Å². The molecular weight excluding hydrogens is 504 g/mol. The number of aliphatic hydroxyl groups excluding tert-OH is 3. The molecule has 1 saturated heterocycles. The largest absolute Gasteiger partial charge is 0.394 e. The molecule has 0 bridgehead atoms. The molecule has 1 aliphatic rings. The minimum absolute atomic E-state index is 0.344. The second kappa shape index (κ2) is 9.06. The fourth-order valence-corrected chi connectivity index (χ4v) is 5.91. The van der Waals surface area contributed by atoms with Gasteiger partial charge in [0.1, 0.15) is 47.0 Å². The van der Waals surface area contributed by atoms with Gasteiger partial charge in [0.25, 0.3) is 0 Å². The molecule has 0 saturated carbocycles. The Bertz CT molecular complexity index is 1510. The third-order valence-electron chi connectivity index (χ3n) is 6.08. The van der Waals surface area contributed by atoms with E-state index in [0.29, 0.717) is 22.4 Å². The van der Waals surface area contributed by atoms with Gasteiger partial charge in [-0.15, -0.1) is 27.8 Å². The first-order chi connectivity index (χ1) is 17.4. The van der Waals surface area contributed by atoms with E-state index in [2.05, 4.69) is 30.4 Å². The SMILES string of the molecule is Cc1nc([C@@H]2OC(CO)[C@H](O)[C@H](n3cc(-c4nccs4)nn3)C2O)n(-c2ccc3nc(C)sc3c2)n1. The summed E-state index contributed by atoms with van der Waals surface area (Å²) in [4.78, 5) is 13.3. The minimum Gasteiger partial charge on any atom is -0.394 e. The molecule has 4 aromatic heterocycles. The maximum absolute atomic E-state index is 11.5. The predicted molar refractivity (Wildman–Crippen MR) is 131 cm³/mol. The van der Waals surface area contributed by atoms with E-state index in [1.807, 2.05) is 30.5 Å². The van der Waals surface area contributed by atoms with Crippen molar-refractivity contribution in [2.75, 3.05) is 6.61 Å². The van der Waals surface area contributed by atoms with Crippen LogP contribution in [0, 0.1) is 13.8 Å². The Morgan fingerprint density at radius 2 is 2.00 bits per heavy atom. The Labute approximate surface area is 212 Å². The van der Waals surface area contributed by atoms with Crippen molar-refractivity contribution < 1.29 is 20.1 Å². The number of rotatable bonds is 5. The van der Waals surface area contributed by atoms with Crippen LogP contribution in [0.25, 0.3) is 26.6 Å². The van der Waals surface area contributed by atoms with Crippen LogP contribution >= 0.6 is 22.7 Å². The van der Waals surface area contributed by atoms with Crippen molar-refractivity contribution in [2.24, 2.45) is 0 Å². The summed E-state index contributed by atoms with van der Waals surface area (Å²) in [6.45, 7) is 3.23. The van der Waals surface area contributed by atoms with Gasteiger partial charge in [-0.05, 0) is 32.0 Å². The Kier molecular flexibility index (Phi) is 5.86.